The minimum Gasteiger partial charge on any atom is -0.497 e. The highest BCUT2D eigenvalue weighted by molar-refractivity contribution is 8.01. The van der Waals surface area contributed by atoms with Crippen molar-refractivity contribution >= 4 is 39.0 Å². The van der Waals surface area contributed by atoms with Crippen LogP contribution in [0.2, 0.25) is 0 Å². The second-order valence-corrected chi connectivity index (χ2v) is 8.09. The van der Waals surface area contributed by atoms with E-state index in [2.05, 4.69) is 39.5 Å². The van der Waals surface area contributed by atoms with E-state index in [1.807, 2.05) is 29.7 Å². The van der Waals surface area contributed by atoms with Gasteiger partial charge in [-0.05, 0) is 30.3 Å². The van der Waals surface area contributed by atoms with Gasteiger partial charge in [-0.25, -0.2) is 4.98 Å². The Morgan fingerprint density at radius 3 is 2.92 bits per heavy atom. The van der Waals surface area contributed by atoms with Gasteiger partial charge in [-0.1, -0.05) is 17.8 Å². The Morgan fingerprint density at radius 2 is 2.08 bits per heavy atom. The summed E-state index contributed by atoms with van der Waals surface area (Å²) in [6.45, 7) is 4.07. The summed E-state index contributed by atoms with van der Waals surface area (Å²) in [6.07, 6.45) is 1.93. The van der Waals surface area contributed by atoms with Crippen molar-refractivity contribution in [3.63, 3.8) is 0 Å². The third-order valence-electron chi connectivity index (χ3n) is 4.08. The Balaban J connectivity index is 1.65. The topological polar surface area (TPSA) is 37.4 Å². The molecule has 4 rings (SSSR count). The predicted molar refractivity (Wildman–Crippen MR) is 102 cm³/mol. The summed E-state index contributed by atoms with van der Waals surface area (Å²) in [5.41, 5.74) is 0. The highest BCUT2D eigenvalue weighted by Gasteiger charge is 2.16. The number of aromatic nitrogens is 1. The van der Waals surface area contributed by atoms with E-state index in [-0.39, 0.29) is 0 Å². The molecule has 3 heterocycles. The van der Waals surface area contributed by atoms with Gasteiger partial charge in [0.15, 0.2) is 0 Å². The fourth-order valence-corrected chi connectivity index (χ4v) is 5.12. The molecule has 0 unspecified atom stereocenters. The molecule has 24 heavy (non-hydrogen) atoms. The molecule has 3 aromatic rings. The van der Waals surface area contributed by atoms with Gasteiger partial charge in [0.2, 0.25) is 0 Å². The maximum Gasteiger partial charge on any atom is 0.137 e. The molecule has 1 aromatic carbocycles. The molecule has 0 spiro atoms. The Kier molecular flexibility index (Phi) is 4.60. The van der Waals surface area contributed by atoms with E-state index < -0.39 is 0 Å². The first-order valence-corrected chi connectivity index (χ1v) is 9.63. The Labute approximate surface area is 149 Å². The summed E-state index contributed by atoms with van der Waals surface area (Å²) in [5, 5.41) is 4.66. The van der Waals surface area contributed by atoms with Gasteiger partial charge in [-0.2, -0.15) is 0 Å². The standard InChI is InChI=1S/C18H19N3OS2/c1-22-13-3-2-4-14(11-13)23-17-12-15-16(24-17)5-6-20-18(15)21-9-7-19-8-10-21/h2-6,11-12,19H,7-10H2,1H3. The Bertz CT molecular complexity index is 843. The third-order valence-corrected chi connectivity index (χ3v) is 6.28. The monoisotopic (exact) mass is 357 g/mol. The molecule has 4 nitrogen and oxygen atoms in total. The molecule has 1 aliphatic heterocycles. The second-order valence-electron chi connectivity index (χ2n) is 5.63. The lowest BCUT2D eigenvalue weighted by Gasteiger charge is -2.28. The van der Waals surface area contributed by atoms with Crippen LogP contribution in [0.5, 0.6) is 5.75 Å². The van der Waals surface area contributed by atoms with Crippen LogP contribution in [0.15, 0.2) is 51.7 Å². The molecule has 1 saturated heterocycles. The first kappa shape index (κ1) is 15.7. The molecule has 0 atom stereocenters. The summed E-state index contributed by atoms with van der Waals surface area (Å²) in [6, 6.07) is 12.6. The van der Waals surface area contributed by atoms with Crippen LogP contribution in [0.3, 0.4) is 0 Å². The zero-order valence-electron chi connectivity index (χ0n) is 13.5. The summed E-state index contributed by atoms with van der Waals surface area (Å²) in [5.74, 6) is 2.01. The summed E-state index contributed by atoms with van der Waals surface area (Å²) in [4.78, 5) is 8.23. The molecule has 6 heteroatoms. The number of nitrogens with zero attached hydrogens (tertiary/aromatic N) is 2. The molecule has 1 N–H and O–H groups in total. The Morgan fingerprint density at radius 1 is 1.21 bits per heavy atom. The average Bonchev–Trinajstić information content (AvgIpc) is 3.05. The van der Waals surface area contributed by atoms with Gasteiger partial charge in [0.25, 0.3) is 0 Å². The van der Waals surface area contributed by atoms with Gasteiger partial charge in [-0.3, -0.25) is 0 Å². The van der Waals surface area contributed by atoms with E-state index in [4.69, 9.17) is 4.74 Å². The molecule has 2 aromatic heterocycles. The molecule has 124 valence electrons. The van der Waals surface area contributed by atoms with Gasteiger partial charge in [0, 0.05) is 47.4 Å². The van der Waals surface area contributed by atoms with E-state index in [1.165, 1.54) is 19.2 Å². The number of thiophene rings is 1. The van der Waals surface area contributed by atoms with Crippen LogP contribution in [0.1, 0.15) is 0 Å². The van der Waals surface area contributed by atoms with Crippen molar-refractivity contribution in [1.82, 2.24) is 10.3 Å². The zero-order chi connectivity index (χ0) is 16.4. The maximum atomic E-state index is 5.32. The summed E-state index contributed by atoms with van der Waals surface area (Å²) < 4.78 is 7.89. The van der Waals surface area contributed by atoms with Crippen molar-refractivity contribution in [3.05, 3.63) is 42.6 Å². The van der Waals surface area contributed by atoms with Crippen molar-refractivity contribution in [3.8, 4) is 5.75 Å². The number of ether oxygens (including phenoxy) is 1. The van der Waals surface area contributed by atoms with Crippen LogP contribution < -0.4 is 15.0 Å². The smallest absolute Gasteiger partial charge is 0.137 e. The molecule has 0 radical (unpaired) electrons. The first-order valence-electron chi connectivity index (χ1n) is 7.99. The van der Waals surface area contributed by atoms with Crippen molar-refractivity contribution in [1.29, 1.82) is 0 Å². The summed E-state index contributed by atoms with van der Waals surface area (Å²) in [7, 11) is 1.70. The van der Waals surface area contributed by atoms with E-state index in [0.29, 0.717) is 0 Å². The van der Waals surface area contributed by atoms with Gasteiger partial charge < -0.3 is 15.0 Å². The minimum atomic E-state index is 0.893. The lowest BCUT2D eigenvalue weighted by Crippen LogP contribution is -2.43. The SMILES string of the molecule is COc1cccc(Sc2cc3c(N4CCNCC4)nccc3s2)c1. The molecular formula is C18H19N3OS2. The minimum absolute atomic E-state index is 0.893. The number of methoxy groups -OCH3 is 1. The quantitative estimate of drug-likeness (QED) is 0.767. The lowest BCUT2D eigenvalue weighted by molar-refractivity contribution is 0.413. The largest absolute Gasteiger partial charge is 0.497 e. The van der Waals surface area contributed by atoms with Crippen LogP contribution in [-0.4, -0.2) is 38.3 Å². The average molecular weight is 358 g/mol. The van der Waals surface area contributed by atoms with Gasteiger partial charge >= 0.3 is 0 Å². The predicted octanol–water partition coefficient (Wildman–Crippen LogP) is 3.87. The molecule has 0 bridgehead atoms. The maximum absolute atomic E-state index is 5.32. The number of piperazine rings is 1. The van der Waals surface area contributed by atoms with Crippen LogP contribution in [-0.2, 0) is 0 Å². The van der Waals surface area contributed by atoms with E-state index in [1.54, 1.807) is 18.9 Å². The molecule has 0 amide bonds. The normalized spacial score (nSPS) is 15.0. The van der Waals surface area contributed by atoms with E-state index >= 15 is 0 Å². The Hall–Kier alpha value is -1.76. The molecule has 0 aliphatic carbocycles. The number of hydrogen-bond donors (Lipinski definition) is 1. The van der Waals surface area contributed by atoms with E-state index in [9.17, 15) is 0 Å². The van der Waals surface area contributed by atoms with Crippen molar-refractivity contribution in [2.75, 3.05) is 38.2 Å². The molecule has 0 saturated carbocycles. The first-order chi connectivity index (χ1) is 11.8. The number of nitrogens with one attached hydrogen (secondary N) is 1. The number of anilines is 1. The summed E-state index contributed by atoms with van der Waals surface area (Å²) >= 11 is 3.60. The van der Waals surface area contributed by atoms with Crippen LogP contribution in [0.4, 0.5) is 5.82 Å². The third kappa shape index (κ3) is 3.22. The number of fused-ring (bicyclic) bond motifs is 1. The molecular weight excluding hydrogens is 338 g/mol. The lowest BCUT2D eigenvalue weighted by atomic mass is 10.2. The highest BCUT2D eigenvalue weighted by atomic mass is 32.2. The van der Waals surface area contributed by atoms with Gasteiger partial charge in [0.1, 0.15) is 11.6 Å². The fourth-order valence-electron chi connectivity index (χ4n) is 2.89. The van der Waals surface area contributed by atoms with Crippen LogP contribution in [0, 0.1) is 0 Å². The highest BCUT2D eigenvalue weighted by Crippen LogP contribution is 2.40. The zero-order valence-corrected chi connectivity index (χ0v) is 15.1. The van der Waals surface area contributed by atoms with Crippen molar-refractivity contribution in [2.24, 2.45) is 0 Å². The second kappa shape index (κ2) is 7.01. The number of hydrogen-bond acceptors (Lipinski definition) is 6. The van der Waals surface area contributed by atoms with Crippen LogP contribution >= 0.6 is 23.1 Å². The van der Waals surface area contributed by atoms with Crippen LogP contribution in [0.25, 0.3) is 10.1 Å². The van der Waals surface area contributed by atoms with Crippen molar-refractivity contribution < 1.29 is 4.74 Å². The van der Waals surface area contributed by atoms with Gasteiger partial charge in [-0.15, -0.1) is 11.3 Å². The van der Waals surface area contributed by atoms with Gasteiger partial charge in [0.05, 0.1) is 11.3 Å². The fraction of sp³-hybridized carbons (Fsp3) is 0.278. The number of rotatable bonds is 4. The molecule has 1 aliphatic rings. The number of pyridine rings is 1. The van der Waals surface area contributed by atoms with E-state index in [0.717, 1.165) is 37.7 Å². The molecule has 1 fully saturated rings. The van der Waals surface area contributed by atoms with Crippen molar-refractivity contribution in [2.45, 2.75) is 9.10 Å². The number of benzene rings is 1.